The average Bonchev–Trinajstić information content (AvgIpc) is 2.95. The molecule has 0 spiro atoms. The molecule has 2 heterocycles. The van der Waals surface area contributed by atoms with Crippen LogP contribution in [0.25, 0.3) is 0 Å². The first-order valence-corrected chi connectivity index (χ1v) is 8.42. The molecule has 0 saturated heterocycles. The van der Waals surface area contributed by atoms with Gasteiger partial charge in [0.25, 0.3) is 0 Å². The lowest BCUT2D eigenvalue weighted by Gasteiger charge is -2.08. The summed E-state index contributed by atoms with van der Waals surface area (Å²) in [6, 6.07) is 6.14. The van der Waals surface area contributed by atoms with Crippen LogP contribution in [-0.4, -0.2) is 23.1 Å². The predicted octanol–water partition coefficient (Wildman–Crippen LogP) is 4.05. The lowest BCUT2D eigenvalue weighted by Crippen LogP contribution is -2.07. The molecule has 0 aliphatic heterocycles. The van der Waals surface area contributed by atoms with Gasteiger partial charge in [-0.3, -0.25) is 0 Å². The van der Waals surface area contributed by atoms with E-state index in [2.05, 4.69) is 33.7 Å². The molecule has 0 aliphatic rings. The number of thiophene rings is 1. The van der Waals surface area contributed by atoms with Crippen LogP contribution in [0.1, 0.15) is 26.1 Å². The molecule has 108 valence electrons. The smallest absolute Gasteiger partial charge is 0.157 e. The highest BCUT2D eigenvalue weighted by Gasteiger charge is 2.07. The first-order valence-electron chi connectivity index (χ1n) is 6.72. The van der Waals surface area contributed by atoms with Crippen molar-refractivity contribution in [3.8, 4) is 0 Å². The molecule has 0 fully saturated rings. The summed E-state index contributed by atoms with van der Waals surface area (Å²) >= 11 is 3.38. The number of hydrogen-bond donors (Lipinski definition) is 1. The van der Waals surface area contributed by atoms with Gasteiger partial charge in [0.1, 0.15) is 17.5 Å². The number of hydrogen-bond acceptors (Lipinski definition) is 6. The van der Waals surface area contributed by atoms with Crippen LogP contribution in [0.2, 0.25) is 0 Å². The van der Waals surface area contributed by atoms with E-state index in [4.69, 9.17) is 4.74 Å². The molecule has 2 rings (SSSR count). The van der Waals surface area contributed by atoms with Gasteiger partial charge in [-0.2, -0.15) is 0 Å². The molecule has 0 radical (unpaired) electrons. The van der Waals surface area contributed by atoms with Crippen molar-refractivity contribution in [1.82, 2.24) is 9.97 Å². The van der Waals surface area contributed by atoms with Gasteiger partial charge < -0.3 is 10.1 Å². The van der Waals surface area contributed by atoms with Crippen molar-refractivity contribution in [2.75, 3.05) is 18.5 Å². The summed E-state index contributed by atoms with van der Waals surface area (Å²) in [6.07, 6.45) is 1.07. The molecule has 20 heavy (non-hydrogen) atoms. The number of rotatable bonds is 8. The fourth-order valence-electron chi connectivity index (χ4n) is 1.55. The standard InChI is InChI=1S/C14H19N3OS2/c1-3-7-15-11-9-13(20-14-6-5-8-19-14)17-12(16-11)10-18-4-2/h5-6,8-9H,3-4,7,10H2,1-2H3,(H,15,16,17). The van der Waals surface area contributed by atoms with Gasteiger partial charge in [0.15, 0.2) is 5.82 Å². The highest BCUT2D eigenvalue weighted by atomic mass is 32.2. The Kier molecular flexibility index (Phi) is 6.29. The Morgan fingerprint density at radius 3 is 2.95 bits per heavy atom. The maximum Gasteiger partial charge on any atom is 0.157 e. The average molecular weight is 309 g/mol. The van der Waals surface area contributed by atoms with E-state index in [1.54, 1.807) is 23.1 Å². The van der Waals surface area contributed by atoms with Gasteiger partial charge in [0.05, 0.1) is 4.21 Å². The topological polar surface area (TPSA) is 47.0 Å². The molecular weight excluding hydrogens is 290 g/mol. The van der Waals surface area contributed by atoms with Gasteiger partial charge >= 0.3 is 0 Å². The fraction of sp³-hybridized carbons (Fsp3) is 0.429. The minimum absolute atomic E-state index is 0.455. The molecule has 0 amide bonds. The van der Waals surface area contributed by atoms with Crippen LogP contribution in [0.4, 0.5) is 5.82 Å². The Balaban J connectivity index is 2.15. The van der Waals surface area contributed by atoms with Crippen LogP contribution < -0.4 is 5.32 Å². The predicted molar refractivity (Wildman–Crippen MR) is 84.6 cm³/mol. The maximum atomic E-state index is 5.41. The van der Waals surface area contributed by atoms with E-state index in [9.17, 15) is 0 Å². The van der Waals surface area contributed by atoms with Crippen molar-refractivity contribution < 1.29 is 4.74 Å². The Bertz CT molecular complexity index is 491. The SMILES string of the molecule is CCCNc1cc(Sc2cccs2)nc(COCC)n1. The van der Waals surface area contributed by atoms with Crippen LogP contribution in [0.3, 0.4) is 0 Å². The second-order valence-electron chi connectivity index (χ2n) is 4.11. The summed E-state index contributed by atoms with van der Waals surface area (Å²) in [5.41, 5.74) is 0. The minimum Gasteiger partial charge on any atom is -0.374 e. The zero-order chi connectivity index (χ0) is 14.2. The first-order chi connectivity index (χ1) is 9.81. The zero-order valence-electron chi connectivity index (χ0n) is 11.8. The fourth-order valence-corrected chi connectivity index (χ4v) is 3.29. The second kappa shape index (κ2) is 8.24. The lowest BCUT2D eigenvalue weighted by molar-refractivity contribution is 0.128. The molecule has 0 bridgehead atoms. The van der Waals surface area contributed by atoms with Crippen molar-refractivity contribution >= 4 is 28.9 Å². The molecular formula is C14H19N3OS2. The summed E-state index contributed by atoms with van der Waals surface area (Å²) in [5.74, 6) is 1.60. The Morgan fingerprint density at radius 2 is 2.25 bits per heavy atom. The van der Waals surface area contributed by atoms with E-state index in [0.717, 1.165) is 29.6 Å². The van der Waals surface area contributed by atoms with E-state index in [1.807, 2.05) is 19.1 Å². The highest BCUT2D eigenvalue weighted by molar-refractivity contribution is 8.01. The number of ether oxygens (including phenoxy) is 1. The van der Waals surface area contributed by atoms with Crippen LogP contribution in [0.15, 0.2) is 32.8 Å². The largest absolute Gasteiger partial charge is 0.374 e. The molecule has 4 nitrogen and oxygen atoms in total. The van der Waals surface area contributed by atoms with Crippen molar-refractivity contribution in [3.63, 3.8) is 0 Å². The number of anilines is 1. The van der Waals surface area contributed by atoms with Gasteiger partial charge in [-0.25, -0.2) is 9.97 Å². The van der Waals surface area contributed by atoms with Crippen LogP contribution >= 0.6 is 23.1 Å². The van der Waals surface area contributed by atoms with Crippen LogP contribution in [-0.2, 0) is 11.3 Å². The normalized spacial score (nSPS) is 10.7. The lowest BCUT2D eigenvalue weighted by atomic mass is 10.4. The summed E-state index contributed by atoms with van der Waals surface area (Å²) < 4.78 is 6.64. The Hall–Kier alpha value is -1.11. The van der Waals surface area contributed by atoms with Crippen molar-refractivity contribution in [3.05, 3.63) is 29.4 Å². The van der Waals surface area contributed by atoms with E-state index in [1.165, 1.54) is 4.21 Å². The van der Waals surface area contributed by atoms with E-state index >= 15 is 0 Å². The van der Waals surface area contributed by atoms with E-state index in [-0.39, 0.29) is 0 Å². The third-order valence-electron chi connectivity index (χ3n) is 2.44. The van der Waals surface area contributed by atoms with Gasteiger partial charge in [0, 0.05) is 19.2 Å². The molecule has 2 aromatic heterocycles. The molecule has 2 aromatic rings. The first kappa shape index (κ1) is 15.3. The number of aromatic nitrogens is 2. The summed E-state index contributed by atoms with van der Waals surface area (Å²) in [7, 11) is 0. The van der Waals surface area contributed by atoms with Crippen molar-refractivity contribution in [1.29, 1.82) is 0 Å². The van der Waals surface area contributed by atoms with Gasteiger partial charge in [-0.15, -0.1) is 11.3 Å². The van der Waals surface area contributed by atoms with Crippen molar-refractivity contribution in [2.24, 2.45) is 0 Å². The number of nitrogens with one attached hydrogen (secondary N) is 1. The van der Waals surface area contributed by atoms with E-state index < -0.39 is 0 Å². The minimum atomic E-state index is 0.455. The third-order valence-corrected chi connectivity index (χ3v) is 4.40. The second-order valence-corrected chi connectivity index (χ2v) is 6.37. The molecule has 0 aliphatic carbocycles. The van der Waals surface area contributed by atoms with Gasteiger partial charge in [0.2, 0.25) is 0 Å². The molecule has 0 atom stereocenters. The van der Waals surface area contributed by atoms with Gasteiger partial charge in [-0.1, -0.05) is 24.8 Å². The molecule has 0 unspecified atom stereocenters. The summed E-state index contributed by atoms with van der Waals surface area (Å²) in [4.78, 5) is 9.03. The monoisotopic (exact) mass is 309 g/mol. The third kappa shape index (κ3) is 4.77. The Morgan fingerprint density at radius 1 is 1.35 bits per heavy atom. The quantitative estimate of drug-likeness (QED) is 0.745. The summed E-state index contributed by atoms with van der Waals surface area (Å²) in [6.45, 7) is 6.14. The molecule has 0 saturated carbocycles. The highest BCUT2D eigenvalue weighted by Crippen LogP contribution is 2.31. The van der Waals surface area contributed by atoms with Crippen LogP contribution in [0.5, 0.6) is 0 Å². The zero-order valence-corrected chi connectivity index (χ0v) is 13.4. The van der Waals surface area contributed by atoms with Gasteiger partial charge in [-0.05, 0) is 24.8 Å². The molecule has 6 heteroatoms. The van der Waals surface area contributed by atoms with Crippen LogP contribution in [0, 0.1) is 0 Å². The number of nitrogens with zero attached hydrogens (tertiary/aromatic N) is 2. The maximum absolute atomic E-state index is 5.41. The van der Waals surface area contributed by atoms with Crippen molar-refractivity contribution in [2.45, 2.75) is 36.1 Å². The van der Waals surface area contributed by atoms with E-state index in [0.29, 0.717) is 13.2 Å². The molecule has 0 aromatic carbocycles. The summed E-state index contributed by atoms with van der Waals surface area (Å²) in [5, 5.41) is 6.34. The molecule has 1 N–H and O–H groups in total. The Labute approximate surface area is 128 Å².